The van der Waals surface area contributed by atoms with Crippen molar-refractivity contribution in [3.63, 3.8) is 0 Å². The maximum Gasteiger partial charge on any atom is 0.335 e. The Kier molecular flexibility index (Phi) is 4.96. The summed E-state index contributed by atoms with van der Waals surface area (Å²) in [5.41, 5.74) is 1.62. The number of benzene rings is 1. The van der Waals surface area contributed by atoms with Gasteiger partial charge in [-0.15, -0.1) is 0 Å². The molecule has 2 aliphatic rings. The van der Waals surface area contributed by atoms with E-state index < -0.39 is 5.97 Å². The average Bonchev–Trinajstić information content (AvgIpc) is 3.08. The summed E-state index contributed by atoms with van der Waals surface area (Å²) in [4.78, 5) is 23.9. The van der Waals surface area contributed by atoms with Crippen molar-refractivity contribution in [2.45, 2.75) is 50.5 Å². The zero-order valence-corrected chi connectivity index (χ0v) is 13.2. The zero-order chi connectivity index (χ0) is 16.2. The molecule has 0 radical (unpaired) electrons. The highest BCUT2D eigenvalue weighted by Gasteiger charge is 2.22. The average molecular weight is 317 g/mol. The fraction of sp³-hybridized carbons (Fsp3) is 0.556. The van der Waals surface area contributed by atoms with E-state index in [1.807, 2.05) is 6.07 Å². The molecule has 23 heavy (non-hydrogen) atoms. The van der Waals surface area contributed by atoms with Gasteiger partial charge in [0.1, 0.15) is 0 Å². The van der Waals surface area contributed by atoms with E-state index in [1.165, 1.54) is 25.3 Å². The molecule has 1 saturated carbocycles. The quantitative estimate of drug-likeness (QED) is 0.895. The van der Waals surface area contributed by atoms with Gasteiger partial charge in [0.15, 0.2) is 0 Å². The van der Waals surface area contributed by atoms with E-state index in [-0.39, 0.29) is 17.5 Å². The zero-order valence-electron chi connectivity index (χ0n) is 13.2. The number of carboxylic acid groups (broad SMARTS) is 1. The molecule has 1 heterocycles. The fourth-order valence-electron chi connectivity index (χ4n) is 3.49. The largest absolute Gasteiger partial charge is 0.478 e. The predicted octanol–water partition coefficient (Wildman–Crippen LogP) is 2.95. The first-order valence-electron chi connectivity index (χ1n) is 8.40. The standard InChI is InChI=1S/C18H23NO4/c20-17(19-16-6-7-23-11-16)14-8-13(9-15(10-14)18(21)22)12-4-2-1-3-5-12/h8-10,12,16H,1-7,11H2,(H,19,20)(H,21,22). The van der Waals surface area contributed by atoms with Crippen LogP contribution in [-0.4, -0.2) is 36.2 Å². The highest BCUT2D eigenvalue weighted by Crippen LogP contribution is 2.33. The number of carbonyl (C=O) groups excluding carboxylic acids is 1. The van der Waals surface area contributed by atoms with Crippen LogP contribution in [0.2, 0.25) is 0 Å². The second kappa shape index (κ2) is 7.13. The molecule has 0 bridgehead atoms. The molecule has 1 unspecified atom stereocenters. The summed E-state index contributed by atoms with van der Waals surface area (Å²) in [6.45, 7) is 1.19. The van der Waals surface area contributed by atoms with Crippen molar-refractivity contribution in [2.24, 2.45) is 0 Å². The van der Waals surface area contributed by atoms with Gasteiger partial charge in [-0.05, 0) is 48.9 Å². The van der Waals surface area contributed by atoms with Gasteiger partial charge in [0, 0.05) is 12.2 Å². The van der Waals surface area contributed by atoms with Gasteiger partial charge in [0.25, 0.3) is 5.91 Å². The first-order valence-corrected chi connectivity index (χ1v) is 8.40. The smallest absolute Gasteiger partial charge is 0.335 e. The maximum atomic E-state index is 12.5. The van der Waals surface area contributed by atoms with Crippen LogP contribution >= 0.6 is 0 Å². The molecule has 1 aliphatic heterocycles. The summed E-state index contributed by atoms with van der Waals surface area (Å²) in [6.07, 6.45) is 6.52. The third-order valence-corrected chi connectivity index (χ3v) is 4.81. The Morgan fingerprint density at radius 2 is 1.78 bits per heavy atom. The Hall–Kier alpha value is -1.88. The number of ether oxygens (including phenoxy) is 1. The Morgan fingerprint density at radius 3 is 2.43 bits per heavy atom. The molecule has 1 atom stereocenters. The lowest BCUT2D eigenvalue weighted by atomic mass is 9.83. The molecule has 124 valence electrons. The van der Waals surface area contributed by atoms with Crippen molar-refractivity contribution in [3.8, 4) is 0 Å². The summed E-state index contributed by atoms with van der Waals surface area (Å²) in [5, 5.41) is 12.3. The minimum atomic E-state index is -0.985. The summed E-state index contributed by atoms with van der Waals surface area (Å²) < 4.78 is 5.27. The van der Waals surface area contributed by atoms with Gasteiger partial charge >= 0.3 is 5.97 Å². The molecule has 0 aromatic heterocycles. The fourth-order valence-corrected chi connectivity index (χ4v) is 3.49. The van der Waals surface area contributed by atoms with Gasteiger partial charge in [-0.1, -0.05) is 19.3 Å². The minimum Gasteiger partial charge on any atom is -0.478 e. The molecule has 2 fully saturated rings. The van der Waals surface area contributed by atoms with Gasteiger partial charge in [0.2, 0.25) is 0 Å². The number of nitrogens with one attached hydrogen (secondary N) is 1. The lowest BCUT2D eigenvalue weighted by molar-refractivity contribution is 0.0696. The van der Waals surface area contributed by atoms with Gasteiger partial charge in [-0.3, -0.25) is 4.79 Å². The van der Waals surface area contributed by atoms with E-state index in [1.54, 1.807) is 6.07 Å². The third kappa shape index (κ3) is 3.91. The van der Waals surface area contributed by atoms with Crippen LogP contribution in [0, 0.1) is 0 Å². The predicted molar refractivity (Wildman–Crippen MR) is 85.9 cm³/mol. The van der Waals surface area contributed by atoms with Gasteiger partial charge in [0.05, 0.1) is 18.2 Å². The van der Waals surface area contributed by atoms with Gasteiger partial charge < -0.3 is 15.2 Å². The summed E-state index contributed by atoms with van der Waals surface area (Å²) >= 11 is 0. The molecule has 5 heteroatoms. The lowest BCUT2D eigenvalue weighted by Crippen LogP contribution is -2.35. The molecule has 5 nitrogen and oxygen atoms in total. The summed E-state index contributed by atoms with van der Waals surface area (Å²) in [6, 6.07) is 5.09. The molecular weight excluding hydrogens is 294 g/mol. The molecule has 1 aromatic carbocycles. The first kappa shape index (κ1) is 16.0. The van der Waals surface area contributed by atoms with Crippen LogP contribution in [0.5, 0.6) is 0 Å². The number of aromatic carboxylic acids is 1. The van der Waals surface area contributed by atoms with Crippen molar-refractivity contribution in [2.75, 3.05) is 13.2 Å². The minimum absolute atomic E-state index is 0.0223. The number of carbonyl (C=O) groups is 2. The Labute approximate surface area is 136 Å². The molecule has 2 N–H and O–H groups in total. The van der Waals surface area contributed by atoms with E-state index in [0.717, 1.165) is 24.8 Å². The van der Waals surface area contributed by atoms with Crippen LogP contribution in [0.4, 0.5) is 0 Å². The number of hydrogen-bond acceptors (Lipinski definition) is 3. The second-order valence-corrected chi connectivity index (χ2v) is 6.52. The molecule has 1 saturated heterocycles. The molecule has 0 spiro atoms. The molecule has 1 aliphatic carbocycles. The Bertz CT molecular complexity index is 587. The van der Waals surface area contributed by atoms with Crippen LogP contribution in [0.15, 0.2) is 18.2 Å². The van der Waals surface area contributed by atoms with Crippen molar-refractivity contribution in [1.82, 2.24) is 5.32 Å². The number of rotatable bonds is 4. The van der Waals surface area contributed by atoms with Crippen molar-refractivity contribution in [3.05, 3.63) is 34.9 Å². The molecule has 3 rings (SSSR count). The Morgan fingerprint density at radius 1 is 1.04 bits per heavy atom. The van der Waals surface area contributed by atoms with E-state index in [2.05, 4.69) is 5.32 Å². The topological polar surface area (TPSA) is 75.6 Å². The molecular formula is C18H23NO4. The first-order chi connectivity index (χ1) is 11.1. The van der Waals surface area contributed by atoms with Crippen molar-refractivity contribution >= 4 is 11.9 Å². The van der Waals surface area contributed by atoms with E-state index in [0.29, 0.717) is 24.7 Å². The molecule has 1 aromatic rings. The van der Waals surface area contributed by atoms with Crippen molar-refractivity contribution < 1.29 is 19.4 Å². The highest BCUT2D eigenvalue weighted by atomic mass is 16.5. The van der Waals surface area contributed by atoms with Crippen LogP contribution in [0.1, 0.15) is 70.7 Å². The highest BCUT2D eigenvalue weighted by molar-refractivity contribution is 5.98. The van der Waals surface area contributed by atoms with Crippen LogP contribution in [0.25, 0.3) is 0 Å². The van der Waals surface area contributed by atoms with Crippen molar-refractivity contribution in [1.29, 1.82) is 0 Å². The SMILES string of the molecule is O=C(O)c1cc(C(=O)NC2CCOC2)cc(C2CCCCC2)c1. The van der Waals surface area contributed by atoms with Gasteiger partial charge in [-0.25, -0.2) is 4.79 Å². The van der Waals surface area contributed by atoms with E-state index in [9.17, 15) is 14.7 Å². The summed E-state index contributed by atoms with van der Waals surface area (Å²) in [7, 11) is 0. The van der Waals surface area contributed by atoms with E-state index >= 15 is 0 Å². The monoisotopic (exact) mass is 317 g/mol. The lowest BCUT2D eigenvalue weighted by Gasteiger charge is -2.23. The van der Waals surface area contributed by atoms with E-state index in [4.69, 9.17) is 4.74 Å². The summed E-state index contributed by atoms with van der Waals surface area (Å²) in [5.74, 6) is -0.828. The number of carboxylic acids is 1. The van der Waals surface area contributed by atoms with Crippen LogP contribution in [-0.2, 0) is 4.74 Å². The van der Waals surface area contributed by atoms with Crippen LogP contribution < -0.4 is 5.32 Å². The number of amides is 1. The van der Waals surface area contributed by atoms with Crippen LogP contribution in [0.3, 0.4) is 0 Å². The Balaban J connectivity index is 1.83. The maximum absolute atomic E-state index is 12.5. The molecule has 1 amide bonds. The van der Waals surface area contributed by atoms with Gasteiger partial charge in [-0.2, -0.15) is 0 Å². The normalized spacial score (nSPS) is 22.0. The number of hydrogen-bond donors (Lipinski definition) is 2. The third-order valence-electron chi connectivity index (χ3n) is 4.81. The second-order valence-electron chi connectivity index (χ2n) is 6.52.